The molecule has 0 saturated carbocycles. The number of nitrogens with zero attached hydrogens (tertiary/aromatic N) is 3. The van der Waals surface area contributed by atoms with Crippen LogP contribution in [0.3, 0.4) is 0 Å². The van der Waals surface area contributed by atoms with Crippen LogP contribution in [0.15, 0.2) is 36.4 Å². The van der Waals surface area contributed by atoms with Gasteiger partial charge in [-0.25, -0.2) is 4.68 Å². The van der Waals surface area contributed by atoms with E-state index in [0.29, 0.717) is 12.8 Å². The first kappa shape index (κ1) is 17.9. The summed E-state index contributed by atoms with van der Waals surface area (Å²) in [5, 5.41) is 14.8. The van der Waals surface area contributed by atoms with Gasteiger partial charge in [-0.3, -0.25) is 9.89 Å². The lowest BCUT2D eigenvalue weighted by molar-refractivity contribution is -0.121. The van der Waals surface area contributed by atoms with E-state index in [0.717, 1.165) is 34.0 Å². The Morgan fingerprint density at radius 1 is 1.23 bits per heavy atom. The van der Waals surface area contributed by atoms with Crippen molar-refractivity contribution in [2.24, 2.45) is 0 Å². The average molecular weight is 351 g/mol. The molecule has 136 valence electrons. The number of H-pyrrole nitrogens is 1. The van der Waals surface area contributed by atoms with Gasteiger partial charge in [-0.05, 0) is 45.9 Å². The van der Waals surface area contributed by atoms with Gasteiger partial charge in [0.25, 0.3) is 0 Å². The summed E-state index contributed by atoms with van der Waals surface area (Å²) in [7, 11) is 0. The normalized spacial score (nSPS) is 12.2. The number of para-hydroxylation sites is 1. The predicted octanol–water partition coefficient (Wildman–Crippen LogP) is 2.81. The molecule has 0 bridgehead atoms. The fourth-order valence-electron chi connectivity index (χ4n) is 3.18. The Kier molecular flexibility index (Phi) is 5.21. The summed E-state index contributed by atoms with van der Waals surface area (Å²) in [6, 6.07) is 12.0. The Morgan fingerprint density at radius 2 is 1.96 bits per heavy atom. The summed E-state index contributed by atoms with van der Waals surface area (Å²) in [5.74, 6) is 0.00330. The van der Waals surface area contributed by atoms with E-state index in [-0.39, 0.29) is 11.9 Å². The maximum atomic E-state index is 12.5. The van der Waals surface area contributed by atoms with Gasteiger partial charge in [-0.1, -0.05) is 18.2 Å². The first-order valence-electron chi connectivity index (χ1n) is 8.85. The van der Waals surface area contributed by atoms with Crippen LogP contribution in [0.25, 0.3) is 5.69 Å². The number of hydrogen-bond acceptors (Lipinski definition) is 3. The number of carbonyl (C=O) groups excluding carboxylic acids is 1. The minimum Gasteiger partial charge on any atom is -0.353 e. The molecule has 26 heavy (non-hydrogen) atoms. The lowest BCUT2D eigenvalue weighted by Crippen LogP contribution is -2.35. The van der Waals surface area contributed by atoms with E-state index in [1.807, 2.05) is 68.8 Å². The number of aromatic nitrogens is 4. The zero-order chi connectivity index (χ0) is 18.7. The molecule has 0 radical (unpaired) electrons. The van der Waals surface area contributed by atoms with Gasteiger partial charge in [0, 0.05) is 29.4 Å². The Labute approximate surface area is 153 Å². The molecule has 3 aromatic rings. The Bertz CT molecular complexity index is 894. The summed E-state index contributed by atoms with van der Waals surface area (Å²) < 4.78 is 1.90. The van der Waals surface area contributed by atoms with Gasteiger partial charge in [0.1, 0.15) is 0 Å². The van der Waals surface area contributed by atoms with Crippen molar-refractivity contribution in [1.29, 1.82) is 0 Å². The molecule has 1 atom stereocenters. The van der Waals surface area contributed by atoms with Crippen molar-refractivity contribution in [3.8, 4) is 5.69 Å². The minimum absolute atomic E-state index is 0.00330. The highest BCUT2D eigenvalue weighted by molar-refractivity contribution is 5.79. The molecule has 1 unspecified atom stereocenters. The number of amides is 1. The summed E-state index contributed by atoms with van der Waals surface area (Å²) in [6.07, 6.45) is 1.03. The first-order valence-corrected chi connectivity index (χ1v) is 8.85. The molecule has 0 aliphatic rings. The number of aryl methyl sites for hydroxylation is 2. The van der Waals surface area contributed by atoms with Gasteiger partial charge in [0.15, 0.2) is 0 Å². The SMILES string of the molecule is Cc1cc(CC(C)NC(=O)Cc2c(C)nn(-c3ccccc3)c2C)n[nH]1. The Hall–Kier alpha value is -2.89. The number of benzene rings is 1. The quantitative estimate of drug-likeness (QED) is 0.717. The summed E-state index contributed by atoms with van der Waals surface area (Å²) >= 11 is 0. The largest absolute Gasteiger partial charge is 0.353 e. The molecule has 0 aliphatic carbocycles. The van der Waals surface area contributed by atoms with Crippen LogP contribution in [0.5, 0.6) is 0 Å². The Balaban J connectivity index is 1.67. The van der Waals surface area contributed by atoms with Gasteiger partial charge in [-0.2, -0.15) is 10.2 Å². The maximum absolute atomic E-state index is 12.5. The molecule has 0 fully saturated rings. The molecule has 1 aromatic carbocycles. The van der Waals surface area contributed by atoms with Gasteiger partial charge < -0.3 is 5.32 Å². The van der Waals surface area contributed by atoms with Gasteiger partial charge in [0.2, 0.25) is 5.91 Å². The van der Waals surface area contributed by atoms with Crippen LogP contribution in [-0.4, -0.2) is 31.9 Å². The van der Waals surface area contributed by atoms with Crippen LogP contribution < -0.4 is 5.32 Å². The highest BCUT2D eigenvalue weighted by Gasteiger charge is 2.17. The van der Waals surface area contributed by atoms with E-state index in [2.05, 4.69) is 20.6 Å². The minimum atomic E-state index is 0.00330. The standard InChI is InChI=1S/C20H25N5O/c1-13(10-17-11-14(2)22-23-17)21-20(26)12-19-15(3)24-25(16(19)4)18-8-6-5-7-9-18/h5-9,11,13H,10,12H2,1-4H3,(H,21,26)(H,22,23). The molecular weight excluding hydrogens is 326 g/mol. The van der Waals surface area contributed by atoms with Gasteiger partial charge in [-0.15, -0.1) is 0 Å². The fraction of sp³-hybridized carbons (Fsp3) is 0.350. The fourth-order valence-corrected chi connectivity index (χ4v) is 3.18. The predicted molar refractivity (Wildman–Crippen MR) is 101 cm³/mol. The molecule has 2 aromatic heterocycles. The van der Waals surface area contributed by atoms with Crippen molar-refractivity contribution in [3.63, 3.8) is 0 Å². The average Bonchev–Trinajstić information content (AvgIpc) is 3.13. The summed E-state index contributed by atoms with van der Waals surface area (Å²) in [4.78, 5) is 12.5. The number of carbonyl (C=O) groups is 1. The molecule has 2 N–H and O–H groups in total. The number of rotatable bonds is 6. The van der Waals surface area contributed by atoms with Crippen molar-refractivity contribution in [1.82, 2.24) is 25.3 Å². The smallest absolute Gasteiger partial charge is 0.224 e. The van der Waals surface area contributed by atoms with E-state index in [1.165, 1.54) is 0 Å². The van der Waals surface area contributed by atoms with Crippen LogP contribution in [0.4, 0.5) is 0 Å². The van der Waals surface area contributed by atoms with Crippen LogP contribution >= 0.6 is 0 Å². The lowest BCUT2D eigenvalue weighted by Gasteiger charge is -2.13. The Morgan fingerprint density at radius 3 is 2.62 bits per heavy atom. The summed E-state index contributed by atoms with van der Waals surface area (Å²) in [6.45, 7) is 7.92. The first-order chi connectivity index (χ1) is 12.4. The van der Waals surface area contributed by atoms with E-state index in [4.69, 9.17) is 0 Å². The topological polar surface area (TPSA) is 75.6 Å². The van der Waals surface area contributed by atoms with E-state index in [9.17, 15) is 4.79 Å². The lowest BCUT2D eigenvalue weighted by atomic mass is 10.1. The van der Waals surface area contributed by atoms with E-state index < -0.39 is 0 Å². The van der Waals surface area contributed by atoms with Crippen LogP contribution in [0.1, 0.15) is 35.3 Å². The van der Waals surface area contributed by atoms with Crippen molar-refractivity contribution < 1.29 is 4.79 Å². The van der Waals surface area contributed by atoms with Crippen molar-refractivity contribution in [2.45, 2.75) is 46.6 Å². The number of aromatic amines is 1. The second-order valence-electron chi connectivity index (χ2n) is 6.79. The van der Waals surface area contributed by atoms with Crippen LogP contribution in [0, 0.1) is 20.8 Å². The van der Waals surface area contributed by atoms with Gasteiger partial charge in [0.05, 0.1) is 23.5 Å². The highest BCUT2D eigenvalue weighted by atomic mass is 16.1. The van der Waals surface area contributed by atoms with E-state index in [1.54, 1.807) is 0 Å². The zero-order valence-corrected chi connectivity index (χ0v) is 15.7. The van der Waals surface area contributed by atoms with Crippen molar-refractivity contribution >= 4 is 5.91 Å². The molecule has 6 nitrogen and oxygen atoms in total. The molecule has 0 saturated heterocycles. The zero-order valence-electron chi connectivity index (χ0n) is 15.7. The van der Waals surface area contributed by atoms with Crippen molar-refractivity contribution in [2.75, 3.05) is 0 Å². The number of nitrogens with one attached hydrogen (secondary N) is 2. The third kappa shape index (κ3) is 4.02. The number of hydrogen-bond donors (Lipinski definition) is 2. The monoisotopic (exact) mass is 351 g/mol. The second-order valence-corrected chi connectivity index (χ2v) is 6.79. The van der Waals surface area contributed by atoms with Crippen LogP contribution in [0.2, 0.25) is 0 Å². The molecule has 0 spiro atoms. The molecule has 2 heterocycles. The molecule has 0 aliphatic heterocycles. The molecular formula is C20H25N5O. The highest BCUT2D eigenvalue weighted by Crippen LogP contribution is 2.18. The molecule has 6 heteroatoms. The summed E-state index contributed by atoms with van der Waals surface area (Å²) in [5.41, 5.74) is 5.85. The van der Waals surface area contributed by atoms with Gasteiger partial charge >= 0.3 is 0 Å². The van der Waals surface area contributed by atoms with E-state index >= 15 is 0 Å². The molecule has 1 amide bonds. The van der Waals surface area contributed by atoms with Crippen LogP contribution in [-0.2, 0) is 17.6 Å². The maximum Gasteiger partial charge on any atom is 0.224 e. The molecule has 3 rings (SSSR count). The third-order valence-corrected chi connectivity index (χ3v) is 4.46. The van der Waals surface area contributed by atoms with Crippen molar-refractivity contribution in [3.05, 3.63) is 64.7 Å². The second kappa shape index (κ2) is 7.56. The third-order valence-electron chi connectivity index (χ3n) is 4.46.